The highest BCUT2D eigenvalue weighted by atomic mass is 19.1. The topological polar surface area (TPSA) is 29.1 Å². The van der Waals surface area contributed by atoms with Crippen LogP contribution in [0.2, 0.25) is 0 Å². The van der Waals surface area contributed by atoms with Crippen LogP contribution in [0.5, 0.6) is 0 Å². The predicted molar refractivity (Wildman–Crippen MR) is 59.3 cm³/mol. The van der Waals surface area contributed by atoms with E-state index in [0.717, 1.165) is 11.6 Å². The van der Waals surface area contributed by atoms with Crippen LogP contribution in [0.3, 0.4) is 0 Å². The summed E-state index contributed by atoms with van der Waals surface area (Å²) in [6, 6.07) is 4.79. The Bertz CT molecular complexity index is 385. The van der Waals surface area contributed by atoms with Gasteiger partial charge in [0, 0.05) is 0 Å². The van der Waals surface area contributed by atoms with Gasteiger partial charge in [0.1, 0.15) is 5.82 Å². The standard InChI is InChI=1S/C12H14FNO/c1-4-12(15)14-11-6-5-9(8(2)3)7-10(11)13/h4-8H,1H2,2-3H3,(H,14,15). The van der Waals surface area contributed by atoms with Gasteiger partial charge in [0.2, 0.25) is 5.91 Å². The molecule has 0 aliphatic heterocycles. The zero-order valence-electron chi connectivity index (χ0n) is 8.88. The van der Waals surface area contributed by atoms with Gasteiger partial charge in [-0.15, -0.1) is 0 Å². The van der Waals surface area contributed by atoms with Crippen molar-refractivity contribution in [2.45, 2.75) is 19.8 Å². The minimum atomic E-state index is -0.420. The molecular formula is C12H14FNO. The molecule has 1 N–H and O–H groups in total. The Morgan fingerprint density at radius 1 is 1.53 bits per heavy atom. The number of hydrogen-bond acceptors (Lipinski definition) is 1. The average molecular weight is 207 g/mol. The molecule has 3 heteroatoms. The van der Waals surface area contributed by atoms with Gasteiger partial charge in [-0.05, 0) is 29.7 Å². The van der Waals surface area contributed by atoms with E-state index in [1.165, 1.54) is 6.07 Å². The van der Waals surface area contributed by atoms with E-state index in [9.17, 15) is 9.18 Å². The van der Waals surface area contributed by atoms with Gasteiger partial charge in [-0.25, -0.2) is 4.39 Å². The summed E-state index contributed by atoms with van der Waals surface area (Å²) in [6.07, 6.45) is 1.11. The largest absolute Gasteiger partial charge is 0.320 e. The van der Waals surface area contributed by atoms with E-state index in [-0.39, 0.29) is 11.6 Å². The number of halogens is 1. The highest BCUT2D eigenvalue weighted by molar-refractivity contribution is 5.98. The van der Waals surface area contributed by atoms with Crippen LogP contribution >= 0.6 is 0 Å². The van der Waals surface area contributed by atoms with Gasteiger partial charge in [0.05, 0.1) is 5.69 Å². The third-order valence-electron chi connectivity index (χ3n) is 2.10. The molecule has 1 aromatic rings. The molecule has 0 spiro atoms. The first kappa shape index (κ1) is 11.4. The molecule has 0 fully saturated rings. The summed E-state index contributed by atoms with van der Waals surface area (Å²) < 4.78 is 13.5. The van der Waals surface area contributed by atoms with Crippen LogP contribution in [0.25, 0.3) is 0 Å². The molecule has 15 heavy (non-hydrogen) atoms. The van der Waals surface area contributed by atoms with Crippen molar-refractivity contribution in [3.05, 3.63) is 42.2 Å². The number of carbonyl (C=O) groups is 1. The molecule has 80 valence electrons. The number of hydrogen-bond donors (Lipinski definition) is 1. The number of anilines is 1. The number of amides is 1. The van der Waals surface area contributed by atoms with E-state index in [2.05, 4.69) is 11.9 Å². The summed E-state index contributed by atoms with van der Waals surface area (Å²) in [7, 11) is 0. The van der Waals surface area contributed by atoms with Crippen molar-refractivity contribution in [1.82, 2.24) is 0 Å². The fourth-order valence-electron chi connectivity index (χ4n) is 1.18. The molecule has 0 atom stereocenters. The molecule has 1 amide bonds. The number of carbonyl (C=O) groups excluding carboxylic acids is 1. The van der Waals surface area contributed by atoms with E-state index in [1.807, 2.05) is 13.8 Å². The predicted octanol–water partition coefficient (Wildman–Crippen LogP) is 3.07. The van der Waals surface area contributed by atoms with Gasteiger partial charge in [0.25, 0.3) is 0 Å². The Morgan fingerprint density at radius 3 is 2.67 bits per heavy atom. The first-order chi connectivity index (χ1) is 7.04. The summed E-state index contributed by atoms with van der Waals surface area (Å²) in [6.45, 7) is 7.26. The van der Waals surface area contributed by atoms with Gasteiger partial charge >= 0.3 is 0 Å². The highest BCUT2D eigenvalue weighted by Crippen LogP contribution is 2.20. The first-order valence-electron chi connectivity index (χ1n) is 4.77. The van der Waals surface area contributed by atoms with Crippen molar-refractivity contribution >= 4 is 11.6 Å². The molecule has 0 aromatic heterocycles. The Kier molecular flexibility index (Phi) is 3.61. The maximum atomic E-state index is 13.5. The van der Waals surface area contributed by atoms with Crippen molar-refractivity contribution in [2.75, 3.05) is 5.32 Å². The van der Waals surface area contributed by atoms with E-state index >= 15 is 0 Å². The Labute approximate surface area is 88.8 Å². The van der Waals surface area contributed by atoms with Crippen molar-refractivity contribution in [1.29, 1.82) is 0 Å². The first-order valence-corrected chi connectivity index (χ1v) is 4.77. The third kappa shape index (κ3) is 2.91. The van der Waals surface area contributed by atoms with Gasteiger partial charge in [-0.3, -0.25) is 4.79 Å². The fraction of sp³-hybridized carbons (Fsp3) is 0.250. The minimum absolute atomic E-state index is 0.185. The second kappa shape index (κ2) is 4.73. The number of benzene rings is 1. The fourth-order valence-corrected chi connectivity index (χ4v) is 1.18. The summed E-state index contributed by atoms with van der Waals surface area (Å²) in [4.78, 5) is 11.0. The molecule has 0 aliphatic rings. The molecule has 0 saturated heterocycles. The van der Waals surface area contributed by atoms with Gasteiger partial charge in [-0.2, -0.15) is 0 Å². The SMILES string of the molecule is C=CC(=O)Nc1ccc(C(C)C)cc1F. The van der Waals surface area contributed by atoms with Crippen LogP contribution in [-0.4, -0.2) is 5.91 Å². The smallest absolute Gasteiger partial charge is 0.247 e. The highest BCUT2D eigenvalue weighted by Gasteiger charge is 2.07. The van der Waals surface area contributed by atoms with Crippen LogP contribution < -0.4 is 5.32 Å². The number of nitrogens with one attached hydrogen (secondary N) is 1. The van der Waals surface area contributed by atoms with Crippen LogP contribution in [0.1, 0.15) is 25.3 Å². The van der Waals surface area contributed by atoms with Crippen molar-refractivity contribution in [3.63, 3.8) is 0 Å². The lowest BCUT2D eigenvalue weighted by Crippen LogP contribution is -2.09. The second-order valence-corrected chi connectivity index (χ2v) is 3.59. The lowest BCUT2D eigenvalue weighted by Gasteiger charge is -2.08. The number of rotatable bonds is 3. The van der Waals surface area contributed by atoms with Gasteiger partial charge < -0.3 is 5.32 Å². The molecule has 0 heterocycles. The average Bonchev–Trinajstić information content (AvgIpc) is 2.20. The normalized spacial score (nSPS) is 10.1. The molecule has 0 aliphatic carbocycles. The molecule has 0 saturated carbocycles. The molecular weight excluding hydrogens is 193 g/mol. The lowest BCUT2D eigenvalue weighted by atomic mass is 10.0. The quantitative estimate of drug-likeness (QED) is 0.758. The van der Waals surface area contributed by atoms with Crippen molar-refractivity contribution < 1.29 is 9.18 Å². The summed E-state index contributed by atoms with van der Waals surface area (Å²) in [5.74, 6) is -0.564. The minimum Gasteiger partial charge on any atom is -0.320 e. The maximum absolute atomic E-state index is 13.5. The lowest BCUT2D eigenvalue weighted by molar-refractivity contribution is -0.111. The molecule has 2 nitrogen and oxygen atoms in total. The summed E-state index contributed by atoms with van der Waals surface area (Å²) in [5, 5.41) is 2.39. The van der Waals surface area contributed by atoms with E-state index < -0.39 is 11.7 Å². The summed E-state index contributed by atoms with van der Waals surface area (Å²) in [5.41, 5.74) is 1.09. The van der Waals surface area contributed by atoms with Crippen molar-refractivity contribution in [3.8, 4) is 0 Å². The van der Waals surface area contributed by atoms with E-state index in [0.29, 0.717) is 0 Å². The monoisotopic (exact) mass is 207 g/mol. The second-order valence-electron chi connectivity index (χ2n) is 3.59. The Balaban J connectivity index is 2.93. The molecule has 0 radical (unpaired) electrons. The molecule has 0 bridgehead atoms. The van der Waals surface area contributed by atoms with Crippen molar-refractivity contribution in [2.24, 2.45) is 0 Å². The van der Waals surface area contributed by atoms with Crippen LogP contribution in [0, 0.1) is 5.82 Å². The zero-order chi connectivity index (χ0) is 11.4. The van der Waals surface area contributed by atoms with E-state index in [4.69, 9.17) is 0 Å². The van der Waals surface area contributed by atoms with Gasteiger partial charge in [0.15, 0.2) is 0 Å². The Hall–Kier alpha value is -1.64. The Morgan fingerprint density at radius 2 is 2.20 bits per heavy atom. The molecule has 1 aromatic carbocycles. The zero-order valence-corrected chi connectivity index (χ0v) is 8.88. The van der Waals surface area contributed by atoms with Crippen LogP contribution in [-0.2, 0) is 4.79 Å². The van der Waals surface area contributed by atoms with Crippen LogP contribution in [0.4, 0.5) is 10.1 Å². The molecule has 0 unspecified atom stereocenters. The van der Waals surface area contributed by atoms with E-state index in [1.54, 1.807) is 12.1 Å². The van der Waals surface area contributed by atoms with Crippen LogP contribution in [0.15, 0.2) is 30.9 Å². The summed E-state index contributed by atoms with van der Waals surface area (Å²) >= 11 is 0. The maximum Gasteiger partial charge on any atom is 0.247 e. The third-order valence-corrected chi connectivity index (χ3v) is 2.10. The van der Waals surface area contributed by atoms with Gasteiger partial charge in [-0.1, -0.05) is 26.5 Å². The molecule has 1 rings (SSSR count).